The molecule has 118 valence electrons. The zero-order valence-electron chi connectivity index (χ0n) is 12.8. The number of fused-ring (bicyclic) bond motifs is 1. The number of nitrogens with zero attached hydrogens (tertiary/aromatic N) is 1. The Morgan fingerprint density at radius 1 is 1.50 bits per heavy atom. The summed E-state index contributed by atoms with van der Waals surface area (Å²) in [4.78, 5) is 19.8. The Morgan fingerprint density at radius 2 is 2.36 bits per heavy atom. The van der Waals surface area contributed by atoms with Gasteiger partial charge in [-0.25, -0.2) is 4.98 Å². The molecule has 0 saturated carbocycles. The lowest BCUT2D eigenvalue weighted by atomic mass is 10.2. The van der Waals surface area contributed by atoms with E-state index in [-0.39, 0.29) is 11.2 Å². The first kappa shape index (κ1) is 15.4. The number of amides is 1. The first-order valence-corrected chi connectivity index (χ1v) is 8.83. The van der Waals surface area contributed by atoms with Crippen molar-refractivity contribution in [3.63, 3.8) is 0 Å². The van der Waals surface area contributed by atoms with Crippen molar-refractivity contribution in [3.8, 4) is 0 Å². The van der Waals surface area contributed by atoms with E-state index in [1.165, 1.54) is 6.42 Å². The summed E-state index contributed by atoms with van der Waals surface area (Å²) in [5, 5.41) is 6.56. The first-order chi connectivity index (χ1) is 10.7. The predicted octanol–water partition coefficient (Wildman–Crippen LogP) is 2.23. The number of benzene rings is 1. The summed E-state index contributed by atoms with van der Waals surface area (Å²) in [7, 11) is 0. The summed E-state index contributed by atoms with van der Waals surface area (Å²) >= 11 is 1.61. The maximum Gasteiger partial charge on any atom is 0.230 e. The number of imidazole rings is 1. The minimum atomic E-state index is 0.0988. The molecule has 6 heteroatoms. The number of nitrogens with one attached hydrogen (secondary N) is 3. The summed E-state index contributed by atoms with van der Waals surface area (Å²) in [5.74, 6) is 1.49. The second-order valence-corrected chi connectivity index (χ2v) is 7.02. The van der Waals surface area contributed by atoms with Crippen LogP contribution in [0.2, 0.25) is 0 Å². The molecule has 0 aliphatic carbocycles. The number of aromatic nitrogens is 2. The largest absolute Gasteiger partial charge is 0.354 e. The number of hydrogen-bond donors (Lipinski definition) is 3. The maximum absolute atomic E-state index is 11.9. The minimum absolute atomic E-state index is 0.0988. The van der Waals surface area contributed by atoms with Gasteiger partial charge in [0.05, 0.1) is 22.0 Å². The molecule has 1 aliphatic heterocycles. The summed E-state index contributed by atoms with van der Waals surface area (Å²) in [6, 6.07) is 8.43. The lowest BCUT2D eigenvalue weighted by Crippen LogP contribution is -2.37. The molecule has 1 aliphatic rings. The average Bonchev–Trinajstić information content (AvgIpc) is 3.19. The van der Waals surface area contributed by atoms with Crippen LogP contribution in [-0.4, -0.2) is 40.8 Å². The molecule has 0 radical (unpaired) electrons. The van der Waals surface area contributed by atoms with Gasteiger partial charge in [-0.2, -0.15) is 0 Å². The van der Waals surface area contributed by atoms with Crippen LogP contribution in [0.1, 0.15) is 30.8 Å². The fourth-order valence-corrected chi connectivity index (χ4v) is 3.44. The van der Waals surface area contributed by atoms with Crippen molar-refractivity contribution < 1.29 is 4.79 Å². The summed E-state index contributed by atoms with van der Waals surface area (Å²) in [6.07, 6.45) is 2.36. The standard InChI is InChI=1S/C16H22N4OS/c1-11(16-19-13-6-2-3-7-14(13)20-16)22-10-15(21)18-9-12-5-4-8-17-12/h2-3,6-7,11-12,17H,4-5,8-10H2,1H3,(H,18,21)(H,19,20). The molecule has 22 heavy (non-hydrogen) atoms. The van der Waals surface area contributed by atoms with Crippen molar-refractivity contribution >= 4 is 28.7 Å². The third-order valence-electron chi connectivity index (χ3n) is 3.97. The van der Waals surface area contributed by atoms with Crippen LogP contribution in [0.3, 0.4) is 0 Å². The highest BCUT2D eigenvalue weighted by Crippen LogP contribution is 2.27. The molecule has 5 nitrogen and oxygen atoms in total. The number of rotatable bonds is 6. The Kier molecular flexibility index (Phi) is 5.00. The lowest BCUT2D eigenvalue weighted by molar-refractivity contribution is -0.118. The second kappa shape index (κ2) is 7.15. The molecule has 1 aromatic heterocycles. The van der Waals surface area contributed by atoms with E-state index in [2.05, 4.69) is 27.5 Å². The van der Waals surface area contributed by atoms with Gasteiger partial charge in [-0.05, 0) is 38.4 Å². The highest BCUT2D eigenvalue weighted by atomic mass is 32.2. The van der Waals surface area contributed by atoms with Gasteiger partial charge >= 0.3 is 0 Å². The highest BCUT2D eigenvalue weighted by Gasteiger charge is 2.16. The van der Waals surface area contributed by atoms with Gasteiger partial charge in [0, 0.05) is 12.6 Å². The van der Waals surface area contributed by atoms with Crippen LogP contribution in [0, 0.1) is 0 Å². The van der Waals surface area contributed by atoms with E-state index < -0.39 is 0 Å². The third-order valence-corrected chi connectivity index (χ3v) is 5.12. The Morgan fingerprint density at radius 3 is 3.14 bits per heavy atom. The van der Waals surface area contributed by atoms with Gasteiger partial charge in [0.2, 0.25) is 5.91 Å². The van der Waals surface area contributed by atoms with E-state index in [9.17, 15) is 4.79 Å². The van der Waals surface area contributed by atoms with Gasteiger partial charge in [-0.15, -0.1) is 11.8 Å². The number of carbonyl (C=O) groups is 1. The summed E-state index contributed by atoms with van der Waals surface area (Å²) in [5.41, 5.74) is 2.02. The zero-order valence-corrected chi connectivity index (χ0v) is 13.6. The Hall–Kier alpha value is -1.53. The van der Waals surface area contributed by atoms with Crippen molar-refractivity contribution in [2.24, 2.45) is 0 Å². The van der Waals surface area contributed by atoms with Crippen molar-refractivity contribution in [1.29, 1.82) is 0 Å². The smallest absolute Gasteiger partial charge is 0.230 e. The van der Waals surface area contributed by atoms with Crippen molar-refractivity contribution in [3.05, 3.63) is 30.1 Å². The molecular formula is C16H22N4OS. The predicted molar refractivity (Wildman–Crippen MR) is 91.0 cm³/mol. The summed E-state index contributed by atoms with van der Waals surface area (Å²) in [6.45, 7) is 3.88. The molecule has 1 fully saturated rings. The molecule has 1 aromatic carbocycles. The van der Waals surface area contributed by atoms with Crippen LogP contribution < -0.4 is 10.6 Å². The van der Waals surface area contributed by atoms with Gasteiger partial charge in [0.1, 0.15) is 5.82 Å². The van der Waals surface area contributed by atoms with E-state index in [4.69, 9.17) is 0 Å². The Bertz CT molecular complexity index is 603. The molecule has 2 unspecified atom stereocenters. The molecule has 0 bridgehead atoms. The molecular weight excluding hydrogens is 296 g/mol. The maximum atomic E-state index is 11.9. The van der Waals surface area contributed by atoms with Crippen LogP contribution in [0.4, 0.5) is 0 Å². The number of aromatic amines is 1. The van der Waals surface area contributed by atoms with E-state index in [0.717, 1.165) is 36.4 Å². The fourth-order valence-electron chi connectivity index (χ4n) is 2.66. The molecule has 1 amide bonds. The van der Waals surface area contributed by atoms with Gasteiger partial charge in [-0.3, -0.25) is 4.79 Å². The van der Waals surface area contributed by atoms with Gasteiger partial charge in [0.15, 0.2) is 0 Å². The topological polar surface area (TPSA) is 69.8 Å². The van der Waals surface area contributed by atoms with Crippen molar-refractivity contribution in [1.82, 2.24) is 20.6 Å². The molecule has 1 saturated heterocycles. The Balaban J connectivity index is 1.46. The monoisotopic (exact) mass is 318 g/mol. The zero-order chi connectivity index (χ0) is 15.4. The number of hydrogen-bond acceptors (Lipinski definition) is 4. The Labute approximate surface area is 134 Å². The molecule has 0 spiro atoms. The van der Waals surface area contributed by atoms with E-state index in [0.29, 0.717) is 11.8 Å². The van der Waals surface area contributed by atoms with Crippen LogP contribution >= 0.6 is 11.8 Å². The molecule has 3 rings (SSSR count). The molecule has 3 N–H and O–H groups in total. The molecule has 2 heterocycles. The van der Waals surface area contributed by atoms with E-state index in [1.54, 1.807) is 11.8 Å². The second-order valence-electron chi connectivity index (χ2n) is 5.69. The first-order valence-electron chi connectivity index (χ1n) is 7.78. The third kappa shape index (κ3) is 3.81. The van der Waals surface area contributed by atoms with Crippen LogP contribution in [0.15, 0.2) is 24.3 Å². The number of H-pyrrole nitrogens is 1. The quantitative estimate of drug-likeness (QED) is 0.764. The lowest BCUT2D eigenvalue weighted by Gasteiger charge is -2.12. The van der Waals surface area contributed by atoms with Gasteiger partial charge in [0.25, 0.3) is 0 Å². The normalized spacial score (nSPS) is 19.4. The number of thioether (sulfide) groups is 1. The minimum Gasteiger partial charge on any atom is -0.354 e. The van der Waals surface area contributed by atoms with Crippen LogP contribution in [0.25, 0.3) is 11.0 Å². The molecule has 2 atom stereocenters. The number of carbonyl (C=O) groups excluding carboxylic acids is 1. The van der Waals surface area contributed by atoms with Gasteiger partial charge in [-0.1, -0.05) is 12.1 Å². The SMILES string of the molecule is CC(SCC(=O)NCC1CCCN1)c1nc2ccccc2[nH]1. The highest BCUT2D eigenvalue weighted by molar-refractivity contribution is 8.00. The summed E-state index contributed by atoms with van der Waals surface area (Å²) < 4.78 is 0. The van der Waals surface area contributed by atoms with Crippen molar-refractivity contribution in [2.45, 2.75) is 31.1 Å². The van der Waals surface area contributed by atoms with E-state index in [1.807, 2.05) is 24.3 Å². The fraction of sp³-hybridized carbons (Fsp3) is 0.500. The van der Waals surface area contributed by atoms with Crippen LogP contribution in [-0.2, 0) is 4.79 Å². The van der Waals surface area contributed by atoms with Crippen molar-refractivity contribution in [2.75, 3.05) is 18.8 Å². The average molecular weight is 318 g/mol. The van der Waals surface area contributed by atoms with E-state index >= 15 is 0 Å². The van der Waals surface area contributed by atoms with Gasteiger partial charge < -0.3 is 15.6 Å². The number of para-hydroxylation sites is 2. The van der Waals surface area contributed by atoms with Crippen LogP contribution in [0.5, 0.6) is 0 Å². The molecule has 2 aromatic rings.